The van der Waals surface area contributed by atoms with Crippen LogP contribution in [0.1, 0.15) is 41.0 Å². The molecular formula is C12H21F3OS. The van der Waals surface area contributed by atoms with Gasteiger partial charge in [0, 0.05) is 10.7 Å². The third-order valence-corrected chi connectivity index (χ3v) is 3.47. The topological polar surface area (TPSA) is 20.2 Å². The van der Waals surface area contributed by atoms with E-state index in [1.807, 2.05) is 27.7 Å². The van der Waals surface area contributed by atoms with Gasteiger partial charge in [-0.3, -0.25) is 0 Å². The van der Waals surface area contributed by atoms with Gasteiger partial charge in [-0.15, -0.1) is 11.8 Å². The lowest BCUT2D eigenvalue weighted by Crippen LogP contribution is -2.35. The van der Waals surface area contributed by atoms with Crippen LogP contribution < -0.4 is 0 Å². The molecule has 0 saturated carbocycles. The van der Waals surface area contributed by atoms with E-state index in [2.05, 4.69) is 0 Å². The smallest absolute Gasteiger partial charge is 0.383 e. The summed E-state index contributed by atoms with van der Waals surface area (Å²) in [5.41, 5.74) is 0. The van der Waals surface area contributed by atoms with Crippen LogP contribution in [-0.4, -0.2) is 22.1 Å². The van der Waals surface area contributed by atoms with Crippen LogP contribution in [0.15, 0.2) is 11.0 Å². The highest BCUT2D eigenvalue weighted by atomic mass is 32.2. The summed E-state index contributed by atoms with van der Waals surface area (Å²) in [6.07, 6.45) is -4.44. The molecule has 5 heteroatoms. The fraction of sp³-hybridized carbons (Fsp3) is 0.833. The molecule has 2 atom stereocenters. The number of allylic oxidation sites excluding steroid dienone is 1. The highest BCUT2D eigenvalue weighted by Crippen LogP contribution is 2.40. The van der Waals surface area contributed by atoms with Crippen molar-refractivity contribution in [2.45, 2.75) is 58.1 Å². The third kappa shape index (κ3) is 6.36. The van der Waals surface area contributed by atoms with Crippen LogP contribution in [0.25, 0.3) is 0 Å². The number of aliphatic hydroxyl groups is 1. The number of rotatable bonds is 4. The molecule has 0 aliphatic rings. The summed E-state index contributed by atoms with van der Waals surface area (Å²) in [7, 11) is 0. The maximum atomic E-state index is 12.4. The first-order valence-electron chi connectivity index (χ1n) is 5.63. The van der Waals surface area contributed by atoms with Crippen molar-refractivity contribution in [1.82, 2.24) is 0 Å². The van der Waals surface area contributed by atoms with Crippen LogP contribution in [0.4, 0.5) is 13.2 Å². The van der Waals surface area contributed by atoms with Crippen LogP contribution in [0.3, 0.4) is 0 Å². The lowest BCUT2D eigenvalue weighted by molar-refractivity contribution is -0.213. The first kappa shape index (κ1) is 16.8. The summed E-state index contributed by atoms with van der Waals surface area (Å²) < 4.78 is 37.2. The minimum Gasteiger partial charge on any atom is -0.383 e. The van der Waals surface area contributed by atoms with Gasteiger partial charge in [0.05, 0.1) is 0 Å². The maximum absolute atomic E-state index is 12.4. The van der Waals surface area contributed by atoms with E-state index in [1.165, 1.54) is 18.7 Å². The SMILES string of the molecule is CC/C=C(/SC(C)(C)C)[C@@H](C)[C@@H](O)C(F)(F)F. The Bertz CT molecular complexity index is 266. The van der Waals surface area contributed by atoms with Crippen LogP contribution in [0.2, 0.25) is 0 Å². The lowest BCUT2D eigenvalue weighted by atomic mass is 10.0. The molecule has 0 aromatic heterocycles. The van der Waals surface area contributed by atoms with Crippen LogP contribution in [0.5, 0.6) is 0 Å². The number of halogens is 3. The molecule has 0 rings (SSSR count). The quantitative estimate of drug-likeness (QED) is 0.818. The number of hydrogen-bond donors (Lipinski definition) is 1. The molecule has 0 aliphatic heterocycles. The van der Waals surface area contributed by atoms with Gasteiger partial charge in [0.25, 0.3) is 0 Å². The molecule has 1 nitrogen and oxygen atoms in total. The largest absolute Gasteiger partial charge is 0.414 e. The minimum absolute atomic E-state index is 0.166. The number of hydrogen-bond acceptors (Lipinski definition) is 2. The first-order chi connectivity index (χ1) is 7.49. The van der Waals surface area contributed by atoms with E-state index >= 15 is 0 Å². The van der Waals surface area contributed by atoms with Gasteiger partial charge in [-0.2, -0.15) is 13.2 Å². The standard InChI is InChI=1S/C12H21F3OS/c1-6-7-9(17-11(3,4)5)8(2)10(16)12(13,14)15/h7-8,10,16H,6H2,1-5H3/b9-7+/t8-,10-/m1/s1. The summed E-state index contributed by atoms with van der Waals surface area (Å²) in [5, 5.41) is 9.27. The predicted molar refractivity (Wildman–Crippen MR) is 66.9 cm³/mol. The third-order valence-electron chi connectivity index (χ3n) is 2.09. The zero-order valence-electron chi connectivity index (χ0n) is 10.9. The van der Waals surface area contributed by atoms with Crippen molar-refractivity contribution < 1.29 is 18.3 Å². The van der Waals surface area contributed by atoms with Crippen molar-refractivity contribution in [1.29, 1.82) is 0 Å². The van der Waals surface area contributed by atoms with Gasteiger partial charge < -0.3 is 5.11 Å². The summed E-state index contributed by atoms with van der Waals surface area (Å²) in [6.45, 7) is 9.10. The van der Waals surface area contributed by atoms with E-state index in [9.17, 15) is 18.3 Å². The molecule has 0 radical (unpaired) electrons. The number of thioether (sulfide) groups is 1. The predicted octanol–water partition coefficient (Wildman–Crippen LogP) is 4.37. The van der Waals surface area contributed by atoms with Crippen LogP contribution in [0, 0.1) is 5.92 Å². The fourth-order valence-electron chi connectivity index (χ4n) is 1.31. The van der Waals surface area contributed by atoms with Crippen molar-refractivity contribution in [3.8, 4) is 0 Å². The highest BCUT2D eigenvalue weighted by molar-refractivity contribution is 8.04. The zero-order valence-corrected chi connectivity index (χ0v) is 11.7. The second-order valence-electron chi connectivity index (χ2n) is 5.00. The molecule has 0 aliphatic carbocycles. The van der Waals surface area contributed by atoms with Crippen LogP contribution >= 0.6 is 11.8 Å². The van der Waals surface area contributed by atoms with Gasteiger partial charge in [-0.05, 0) is 11.3 Å². The second-order valence-corrected chi connectivity index (χ2v) is 6.90. The lowest BCUT2D eigenvalue weighted by Gasteiger charge is -2.28. The van der Waals surface area contributed by atoms with Gasteiger partial charge in [0.2, 0.25) is 0 Å². The molecule has 17 heavy (non-hydrogen) atoms. The van der Waals surface area contributed by atoms with E-state index < -0.39 is 18.2 Å². The van der Waals surface area contributed by atoms with Gasteiger partial charge in [0.15, 0.2) is 6.10 Å². The van der Waals surface area contributed by atoms with Crippen molar-refractivity contribution in [2.75, 3.05) is 0 Å². The van der Waals surface area contributed by atoms with Gasteiger partial charge in [-0.1, -0.05) is 40.7 Å². The summed E-state index contributed by atoms with van der Waals surface area (Å²) in [6, 6.07) is 0. The Morgan fingerprint density at radius 3 is 2.06 bits per heavy atom. The molecule has 0 fully saturated rings. The molecule has 0 bridgehead atoms. The maximum Gasteiger partial charge on any atom is 0.414 e. The average Bonchev–Trinajstić information content (AvgIpc) is 2.11. The summed E-state index contributed by atoms with van der Waals surface area (Å²) >= 11 is 1.38. The Balaban J connectivity index is 4.91. The van der Waals surface area contributed by atoms with Crippen LogP contribution in [-0.2, 0) is 0 Å². The number of aliphatic hydroxyl groups excluding tert-OH is 1. The van der Waals surface area contributed by atoms with E-state index in [1.54, 1.807) is 6.08 Å². The molecule has 0 amide bonds. The van der Waals surface area contributed by atoms with Crippen molar-refractivity contribution in [2.24, 2.45) is 5.92 Å². The molecule has 0 aromatic carbocycles. The van der Waals surface area contributed by atoms with Gasteiger partial charge in [-0.25, -0.2) is 0 Å². The average molecular weight is 270 g/mol. The van der Waals surface area contributed by atoms with Gasteiger partial charge in [0.1, 0.15) is 0 Å². The second kappa shape index (κ2) is 6.14. The Hall–Kier alpha value is -0.160. The molecule has 1 N–H and O–H groups in total. The molecule has 0 aromatic rings. The molecule has 0 heterocycles. The Kier molecular flexibility index (Phi) is 6.08. The molecule has 0 spiro atoms. The van der Waals surface area contributed by atoms with E-state index in [4.69, 9.17) is 0 Å². The number of alkyl halides is 3. The summed E-state index contributed by atoms with van der Waals surface area (Å²) in [5.74, 6) is -0.917. The van der Waals surface area contributed by atoms with Crippen molar-refractivity contribution in [3.05, 3.63) is 11.0 Å². The van der Waals surface area contributed by atoms with Crippen molar-refractivity contribution in [3.63, 3.8) is 0 Å². The highest BCUT2D eigenvalue weighted by Gasteiger charge is 2.43. The first-order valence-corrected chi connectivity index (χ1v) is 6.44. The summed E-state index contributed by atoms with van der Waals surface area (Å²) in [4.78, 5) is 0.602. The van der Waals surface area contributed by atoms with E-state index in [-0.39, 0.29) is 4.75 Å². The van der Waals surface area contributed by atoms with Gasteiger partial charge >= 0.3 is 6.18 Å². The Labute approximate surface area is 105 Å². The molecule has 0 saturated heterocycles. The zero-order chi connectivity index (χ0) is 13.9. The molecule has 102 valence electrons. The van der Waals surface area contributed by atoms with E-state index in [0.717, 1.165) is 0 Å². The monoisotopic (exact) mass is 270 g/mol. The Morgan fingerprint density at radius 2 is 1.76 bits per heavy atom. The Morgan fingerprint density at radius 1 is 1.29 bits per heavy atom. The normalized spacial score (nSPS) is 18.1. The molecule has 0 unspecified atom stereocenters. The fourth-order valence-corrected chi connectivity index (χ4v) is 2.59. The minimum atomic E-state index is -4.56. The molecular weight excluding hydrogens is 249 g/mol. The van der Waals surface area contributed by atoms with Crippen molar-refractivity contribution >= 4 is 11.8 Å². The van der Waals surface area contributed by atoms with E-state index in [0.29, 0.717) is 11.3 Å².